The van der Waals surface area contributed by atoms with Crippen LogP contribution in [-0.2, 0) is 11.2 Å². The van der Waals surface area contributed by atoms with Crippen molar-refractivity contribution in [2.75, 3.05) is 13.7 Å². The number of halogens is 1. The summed E-state index contributed by atoms with van der Waals surface area (Å²) in [6.07, 6.45) is 1.23. The second-order valence-corrected chi connectivity index (χ2v) is 6.96. The van der Waals surface area contributed by atoms with E-state index in [4.69, 9.17) is 13.9 Å². The molecule has 0 aliphatic carbocycles. The smallest absolute Gasteiger partial charge is 0.269 e. The maximum absolute atomic E-state index is 13.9. The topological polar surface area (TPSA) is 89.8 Å². The van der Waals surface area contributed by atoms with Crippen molar-refractivity contribution in [3.63, 3.8) is 0 Å². The Labute approximate surface area is 185 Å². The number of carbonyl (C=O) groups excluding carboxylic acids is 2. The summed E-state index contributed by atoms with van der Waals surface area (Å²) in [5.41, 5.74) is 5.42. The summed E-state index contributed by atoms with van der Waals surface area (Å²) < 4.78 is 30.3. The monoisotopic (exact) mass is 440 g/mol. The van der Waals surface area contributed by atoms with Crippen molar-refractivity contribution in [1.29, 1.82) is 0 Å². The van der Waals surface area contributed by atoms with Crippen molar-refractivity contribution in [3.05, 3.63) is 71.7 Å². The van der Waals surface area contributed by atoms with Crippen LogP contribution in [0.4, 0.5) is 4.39 Å². The third-order valence-electron chi connectivity index (χ3n) is 4.60. The lowest BCUT2D eigenvalue weighted by Crippen LogP contribution is -2.41. The number of amides is 2. The highest BCUT2D eigenvalue weighted by Gasteiger charge is 2.13. The number of hydrogen-bond donors (Lipinski definition) is 2. The molecule has 0 aliphatic heterocycles. The van der Waals surface area contributed by atoms with Crippen LogP contribution in [-0.4, -0.2) is 25.5 Å². The highest BCUT2D eigenvalue weighted by molar-refractivity contribution is 5.96. The van der Waals surface area contributed by atoms with Gasteiger partial charge in [0.2, 0.25) is 5.91 Å². The lowest BCUT2D eigenvalue weighted by Gasteiger charge is -2.12. The number of ether oxygens (including phenoxy) is 2. The van der Waals surface area contributed by atoms with E-state index in [0.29, 0.717) is 47.2 Å². The van der Waals surface area contributed by atoms with E-state index in [-0.39, 0.29) is 12.2 Å². The molecule has 1 aromatic heterocycles. The first kappa shape index (κ1) is 22.9. The maximum Gasteiger partial charge on any atom is 0.269 e. The standard InChI is InChI=1S/C24H25FN2O5/c1-3-14-31-21-11-8-16(15-22(21)30-2)24(29)27-26-23(28)13-10-17-9-12-20(32-17)18-6-4-5-7-19(18)25/h4-9,11-12,15H,3,10,13-14H2,1-2H3,(H,26,28)(H,27,29). The first-order chi connectivity index (χ1) is 15.5. The second-order valence-electron chi connectivity index (χ2n) is 6.96. The second kappa shape index (κ2) is 11.0. The van der Waals surface area contributed by atoms with E-state index < -0.39 is 11.8 Å². The number of nitrogens with one attached hydrogen (secondary N) is 2. The average molecular weight is 440 g/mol. The Bertz CT molecular complexity index is 1080. The number of hydrogen-bond acceptors (Lipinski definition) is 5. The molecule has 0 aliphatic rings. The molecule has 0 fully saturated rings. The molecule has 0 radical (unpaired) electrons. The SMILES string of the molecule is CCCOc1ccc(C(=O)NNC(=O)CCc2ccc(-c3ccccc3F)o2)cc1OC. The van der Waals surface area contributed by atoms with Crippen LogP contribution in [0.25, 0.3) is 11.3 Å². The van der Waals surface area contributed by atoms with E-state index in [1.165, 1.54) is 13.2 Å². The maximum atomic E-state index is 13.9. The molecule has 7 nitrogen and oxygen atoms in total. The van der Waals surface area contributed by atoms with Gasteiger partial charge in [0.15, 0.2) is 11.5 Å². The van der Waals surface area contributed by atoms with Gasteiger partial charge in [-0.3, -0.25) is 20.4 Å². The van der Waals surface area contributed by atoms with Gasteiger partial charge in [-0.25, -0.2) is 4.39 Å². The lowest BCUT2D eigenvalue weighted by atomic mass is 10.1. The molecule has 32 heavy (non-hydrogen) atoms. The Balaban J connectivity index is 1.50. The van der Waals surface area contributed by atoms with Crippen molar-refractivity contribution in [2.45, 2.75) is 26.2 Å². The fourth-order valence-electron chi connectivity index (χ4n) is 2.96. The Morgan fingerprint density at radius 1 is 1.03 bits per heavy atom. The van der Waals surface area contributed by atoms with E-state index in [1.54, 1.807) is 48.5 Å². The molecule has 0 unspecified atom stereocenters. The summed E-state index contributed by atoms with van der Waals surface area (Å²) in [5, 5.41) is 0. The number of rotatable bonds is 9. The van der Waals surface area contributed by atoms with Gasteiger partial charge in [-0.15, -0.1) is 0 Å². The molecule has 0 spiro atoms. The van der Waals surface area contributed by atoms with Gasteiger partial charge in [0.1, 0.15) is 17.3 Å². The van der Waals surface area contributed by atoms with E-state index in [0.717, 1.165) is 6.42 Å². The average Bonchev–Trinajstić information content (AvgIpc) is 3.28. The van der Waals surface area contributed by atoms with Crippen molar-refractivity contribution in [2.24, 2.45) is 0 Å². The summed E-state index contributed by atoms with van der Waals surface area (Å²) in [6, 6.07) is 14.4. The zero-order valence-electron chi connectivity index (χ0n) is 17.9. The van der Waals surface area contributed by atoms with Gasteiger partial charge >= 0.3 is 0 Å². The van der Waals surface area contributed by atoms with Crippen LogP contribution in [0, 0.1) is 5.82 Å². The predicted octanol–water partition coefficient (Wildman–Crippen LogP) is 4.28. The van der Waals surface area contributed by atoms with Crippen molar-refractivity contribution >= 4 is 11.8 Å². The molecule has 8 heteroatoms. The number of hydrazine groups is 1. The lowest BCUT2D eigenvalue weighted by molar-refractivity contribution is -0.121. The number of benzene rings is 2. The molecular weight excluding hydrogens is 415 g/mol. The molecule has 0 saturated heterocycles. The minimum absolute atomic E-state index is 0.0810. The van der Waals surface area contributed by atoms with Crippen molar-refractivity contribution in [3.8, 4) is 22.8 Å². The molecule has 2 amide bonds. The van der Waals surface area contributed by atoms with Crippen LogP contribution in [0.5, 0.6) is 11.5 Å². The largest absolute Gasteiger partial charge is 0.493 e. The molecule has 0 atom stereocenters. The minimum atomic E-state index is -0.487. The number of methoxy groups -OCH3 is 1. The Kier molecular flexibility index (Phi) is 7.85. The number of carbonyl (C=O) groups is 2. The van der Waals surface area contributed by atoms with Gasteiger partial charge in [0.05, 0.1) is 19.3 Å². The quantitative estimate of drug-likeness (QED) is 0.485. The Morgan fingerprint density at radius 3 is 2.59 bits per heavy atom. The first-order valence-electron chi connectivity index (χ1n) is 10.3. The van der Waals surface area contributed by atoms with E-state index in [1.807, 2.05) is 6.92 Å². The third-order valence-corrected chi connectivity index (χ3v) is 4.60. The summed E-state index contributed by atoms with van der Waals surface area (Å²) in [7, 11) is 1.49. The summed E-state index contributed by atoms with van der Waals surface area (Å²) in [4.78, 5) is 24.4. The van der Waals surface area contributed by atoms with E-state index >= 15 is 0 Å². The van der Waals surface area contributed by atoms with Gasteiger partial charge in [-0.05, 0) is 48.9 Å². The summed E-state index contributed by atoms with van der Waals surface area (Å²) >= 11 is 0. The van der Waals surface area contributed by atoms with Gasteiger partial charge in [-0.2, -0.15) is 0 Å². The van der Waals surface area contributed by atoms with Crippen molar-refractivity contribution in [1.82, 2.24) is 10.9 Å². The van der Waals surface area contributed by atoms with E-state index in [9.17, 15) is 14.0 Å². The molecule has 168 valence electrons. The van der Waals surface area contributed by atoms with Crippen LogP contribution in [0.1, 0.15) is 35.9 Å². The van der Waals surface area contributed by atoms with Gasteiger partial charge < -0.3 is 13.9 Å². The molecule has 0 bridgehead atoms. The normalized spacial score (nSPS) is 10.5. The van der Waals surface area contributed by atoms with Crippen LogP contribution >= 0.6 is 0 Å². The van der Waals surface area contributed by atoms with Crippen LogP contribution in [0.2, 0.25) is 0 Å². The zero-order chi connectivity index (χ0) is 22.9. The number of furan rings is 1. The fourth-order valence-corrected chi connectivity index (χ4v) is 2.96. The van der Waals surface area contributed by atoms with Crippen molar-refractivity contribution < 1.29 is 27.9 Å². The Morgan fingerprint density at radius 2 is 1.84 bits per heavy atom. The molecule has 1 heterocycles. The van der Waals surface area contributed by atoms with Gasteiger partial charge in [0, 0.05) is 18.4 Å². The molecule has 2 N–H and O–H groups in total. The minimum Gasteiger partial charge on any atom is -0.493 e. The molecule has 3 rings (SSSR count). The van der Waals surface area contributed by atoms with Gasteiger partial charge in [0.25, 0.3) is 5.91 Å². The predicted molar refractivity (Wildman–Crippen MR) is 117 cm³/mol. The molecule has 3 aromatic rings. The highest BCUT2D eigenvalue weighted by Crippen LogP contribution is 2.28. The zero-order valence-corrected chi connectivity index (χ0v) is 17.9. The van der Waals surface area contributed by atoms with E-state index in [2.05, 4.69) is 10.9 Å². The summed E-state index contributed by atoms with van der Waals surface area (Å²) in [5.74, 6) is 0.652. The third kappa shape index (κ3) is 5.87. The van der Waals surface area contributed by atoms with Crippen LogP contribution in [0.3, 0.4) is 0 Å². The summed E-state index contributed by atoms with van der Waals surface area (Å²) in [6.45, 7) is 2.53. The molecular formula is C24H25FN2O5. The molecule has 0 saturated carbocycles. The number of aryl methyl sites for hydroxylation is 1. The highest BCUT2D eigenvalue weighted by atomic mass is 19.1. The molecule has 2 aromatic carbocycles. The van der Waals surface area contributed by atoms with Crippen LogP contribution < -0.4 is 20.3 Å². The first-order valence-corrected chi connectivity index (χ1v) is 10.3. The van der Waals surface area contributed by atoms with Crippen LogP contribution in [0.15, 0.2) is 59.0 Å². The Hall–Kier alpha value is -3.81. The fraction of sp³-hybridized carbons (Fsp3) is 0.250. The van der Waals surface area contributed by atoms with Gasteiger partial charge in [-0.1, -0.05) is 19.1 Å².